The van der Waals surface area contributed by atoms with Crippen LogP contribution >= 0.6 is 15.9 Å². The van der Waals surface area contributed by atoms with Crippen molar-refractivity contribution in [2.75, 3.05) is 32.2 Å². The first kappa shape index (κ1) is 14.0. The topological polar surface area (TPSA) is 64.5 Å². The van der Waals surface area contributed by atoms with E-state index in [0.717, 1.165) is 30.4 Å². The molecule has 0 atom stereocenters. The quantitative estimate of drug-likeness (QED) is 0.785. The molecule has 19 heavy (non-hydrogen) atoms. The monoisotopic (exact) mass is 329 g/mol. The summed E-state index contributed by atoms with van der Waals surface area (Å²) < 4.78 is 10.6. The predicted molar refractivity (Wildman–Crippen MR) is 73.2 cm³/mol. The number of hydrogen-bond donors (Lipinski definition) is 0. The molecule has 0 unspecified atom stereocenters. The zero-order valence-corrected chi connectivity index (χ0v) is 12.5. The van der Waals surface area contributed by atoms with E-state index < -0.39 is 0 Å². The minimum atomic E-state index is -0.131. The highest BCUT2D eigenvalue weighted by Gasteiger charge is 2.27. The molecule has 6 nitrogen and oxygen atoms in total. The van der Waals surface area contributed by atoms with Gasteiger partial charge in [-0.25, -0.2) is 4.98 Å². The van der Waals surface area contributed by atoms with Crippen LogP contribution in [-0.4, -0.2) is 43.2 Å². The van der Waals surface area contributed by atoms with E-state index in [1.807, 2.05) is 0 Å². The van der Waals surface area contributed by atoms with Crippen LogP contribution in [0.25, 0.3) is 0 Å². The number of esters is 1. The maximum Gasteiger partial charge on any atom is 0.308 e. The zero-order valence-electron chi connectivity index (χ0n) is 10.9. The van der Waals surface area contributed by atoms with Crippen molar-refractivity contribution in [1.82, 2.24) is 9.97 Å². The summed E-state index contributed by atoms with van der Waals surface area (Å²) >= 11 is 3.32. The van der Waals surface area contributed by atoms with E-state index in [9.17, 15) is 4.79 Å². The zero-order chi connectivity index (χ0) is 13.8. The first-order valence-electron chi connectivity index (χ1n) is 6.05. The van der Waals surface area contributed by atoms with Gasteiger partial charge in [0, 0.05) is 13.1 Å². The number of carbonyl (C=O) groups excluding carboxylic acids is 1. The van der Waals surface area contributed by atoms with Gasteiger partial charge in [-0.15, -0.1) is 0 Å². The molecule has 0 aliphatic carbocycles. The standard InChI is InChI=1S/C12H16BrN3O3/c1-18-10-9(13)7-14-12(15-10)16-5-3-8(4-6-16)11(17)19-2/h7-8H,3-6H2,1-2H3. The minimum absolute atomic E-state index is 0.0152. The van der Waals surface area contributed by atoms with Gasteiger partial charge < -0.3 is 14.4 Å². The first-order chi connectivity index (χ1) is 9.15. The molecule has 1 fully saturated rings. The van der Waals surface area contributed by atoms with Crippen LogP contribution in [0.5, 0.6) is 5.88 Å². The summed E-state index contributed by atoms with van der Waals surface area (Å²) in [7, 11) is 3.00. The minimum Gasteiger partial charge on any atom is -0.480 e. The van der Waals surface area contributed by atoms with Crippen LogP contribution in [-0.2, 0) is 9.53 Å². The number of methoxy groups -OCH3 is 2. The lowest BCUT2D eigenvalue weighted by Crippen LogP contribution is -2.37. The number of halogens is 1. The fourth-order valence-corrected chi connectivity index (χ4v) is 2.47. The van der Waals surface area contributed by atoms with E-state index in [4.69, 9.17) is 9.47 Å². The van der Waals surface area contributed by atoms with Crippen molar-refractivity contribution in [1.29, 1.82) is 0 Å². The van der Waals surface area contributed by atoms with Crippen molar-refractivity contribution in [2.45, 2.75) is 12.8 Å². The molecule has 7 heteroatoms. The Morgan fingerprint density at radius 1 is 1.42 bits per heavy atom. The van der Waals surface area contributed by atoms with Gasteiger partial charge in [-0.05, 0) is 28.8 Å². The van der Waals surface area contributed by atoms with E-state index in [-0.39, 0.29) is 11.9 Å². The summed E-state index contributed by atoms with van der Waals surface area (Å²) in [5, 5.41) is 0. The van der Waals surface area contributed by atoms with Crippen molar-refractivity contribution in [3.05, 3.63) is 10.7 Å². The lowest BCUT2D eigenvalue weighted by molar-refractivity contribution is -0.146. The van der Waals surface area contributed by atoms with E-state index in [2.05, 4.69) is 30.8 Å². The number of carbonyl (C=O) groups is 1. The smallest absolute Gasteiger partial charge is 0.308 e. The normalized spacial score (nSPS) is 16.3. The highest BCUT2D eigenvalue weighted by Crippen LogP contribution is 2.26. The van der Waals surface area contributed by atoms with Crippen LogP contribution in [0.2, 0.25) is 0 Å². The van der Waals surface area contributed by atoms with Gasteiger partial charge in [-0.3, -0.25) is 4.79 Å². The summed E-state index contributed by atoms with van der Waals surface area (Å²) in [5.41, 5.74) is 0. The molecule has 1 aliphatic rings. The fourth-order valence-electron chi connectivity index (χ4n) is 2.12. The Morgan fingerprint density at radius 3 is 2.68 bits per heavy atom. The lowest BCUT2D eigenvalue weighted by atomic mass is 9.97. The van der Waals surface area contributed by atoms with Gasteiger partial charge in [0.15, 0.2) is 0 Å². The molecule has 104 valence electrons. The van der Waals surface area contributed by atoms with Crippen LogP contribution in [0.4, 0.5) is 5.95 Å². The Kier molecular flexibility index (Phi) is 4.57. The van der Waals surface area contributed by atoms with Gasteiger partial charge in [-0.2, -0.15) is 4.98 Å². The summed E-state index contributed by atoms with van der Waals surface area (Å²) in [6, 6.07) is 0. The highest BCUT2D eigenvalue weighted by molar-refractivity contribution is 9.10. The van der Waals surface area contributed by atoms with Gasteiger partial charge in [0.05, 0.1) is 30.8 Å². The number of rotatable bonds is 3. The van der Waals surface area contributed by atoms with E-state index in [1.165, 1.54) is 7.11 Å². The molecule has 0 amide bonds. The van der Waals surface area contributed by atoms with Crippen molar-refractivity contribution in [2.24, 2.45) is 5.92 Å². The third-order valence-electron chi connectivity index (χ3n) is 3.20. The molecule has 0 saturated carbocycles. The molecule has 0 aromatic carbocycles. The molecule has 0 N–H and O–H groups in total. The number of aromatic nitrogens is 2. The molecule has 1 aliphatic heterocycles. The second kappa shape index (κ2) is 6.18. The van der Waals surface area contributed by atoms with Crippen LogP contribution in [0, 0.1) is 5.92 Å². The second-order valence-corrected chi connectivity index (χ2v) is 5.17. The molecule has 0 bridgehead atoms. The maximum absolute atomic E-state index is 11.5. The highest BCUT2D eigenvalue weighted by atomic mass is 79.9. The molecule has 1 aromatic heterocycles. The van der Waals surface area contributed by atoms with E-state index in [1.54, 1.807) is 13.3 Å². The molecule has 1 saturated heterocycles. The number of anilines is 1. The number of piperidine rings is 1. The van der Waals surface area contributed by atoms with E-state index in [0.29, 0.717) is 11.8 Å². The van der Waals surface area contributed by atoms with Crippen molar-refractivity contribution in [3.63, 3.8) is 0 Å². The maximum atomic E-state index is 11.5. The third-order valence-corrected chi connectivity index (χ3v) is 3.75. The van der Waals surface area contributed by atoms with Gasteiger partial charge in [0.2, 0.25) is 11.8 Å². The Balaban J connectivity index is 2.03. The number of nitrogens with zero attached hydrogens (tertiary/aromatic N) is 3. The lowest BCUT2D eigenvalue weighted by Gasteiger charge is -2.30. The molecule has 0 spiro atoms. The van der Waals surface area contributed by atoms with Crippen LogP contribution < -0.4 is 9.64 Å². The summed E-state index contributed by atoms with van der Waals surface area (Å²) in [6.45, 7) is 1.48. The SMILES string of the molecule is COC(=O)C1CCN(c2ncc(Br)c(OC)n2)CC1. The van der Waals surface area contributed by atoms with E-state index >= 15 is 0 Å². The molecule has 2 rings (SSSR count). The number of hydrogen-bond acceptors (Lipinski definition) is 6. The molecule has 0 radical (unpaired) electrons. The molecular weight excluding hydrogens is 314 g/mol. The summed E-state index contributed by atoms with van der Waals surface area (Å²) in [5.74, 6) is 0.996. The Bertz CT molecular complexity index is 462. The molecule has 1 aromatic rings. The van der Waals surface area contributed by atoms with Gasteiger partial charge in [0.1, 0.15) is 0 Å². The second-order valence-electron chi connectivity index (χ2n) is 4.31. The Morgan fingerprint density at radius 2 is 2.11 bits per heavy atom. The average Bonchev–Trinajstić information content (AvgIpc) is 2.47. The third kappa shape index (κ3) is 3.15. The van der Waals surface area contributed by atoms with Crippen LogP contribution in [0.15, 0.2) is 10.7 Å². The van der Waals surface area contributed by atoms with Crippen molar-refractivity contribution >= 4 is 27.8 Å². The summed E-state index contributed by atoms with van der Waals surface area (Å²) in [6.07, 6.45) is 3.19. The summed E-state index contributed by atoms with van der Waals surface area (Å²) in [4.78, 5) is 22.1. The van der Waals surface area contributed by atoms with Crippen molar-refractivity contribution < 1.29 is 14.3 Å². The fraction of sp³-hybridized carbons (Fsp3) is 0.583. The Hall–Kier alpha value is -1.37. The Labute approximate surface area is 120 Å². The molecular formula is C12H16BrN3O3. The van der Waals surface area contributed by atoms with Gasteiger partial charge in [0.25, 0.3) is 0 Å². The first-order valence-corrected chi connectivity index (χ1v) is 6.84. The molecule has 2 heterocycles. The van der Waals surface area contributed by atoms with Crippen LogP contribution in [0.1, 0.15) is 12.8 Å². The van der Waals surface area contributed by atoms with Gasteiger partial charge >= 0.3 is 5.97 Å². The van der Waals surface area contributed by atoms with Crippen LogP contribution in [0.3, 0.4) is 0 Å². The largest absolute Gasteiger partial charge is 0.480 e. The number of ether oxygens (including phenoxy) is 2. The van der Waals surface area contributed by atoms with Crippen molar-refractivity contribution in [3.8, 4) is 5.88 Å². The van der Waals surface area contributed by atoms with Gasteiger partial charge in [-0.1, -0.05) is 0 Å². The predicted octanol–water partition coefficient (Wildman–Crippen LogP) is 1.64. The average molecular weight is 330 g/mol.